The molecule has 0 aliphatic rings. The van der Waals surface area contributed by atoms with Crippen LogP contribution in [0, 0.1) is 0 Å². The molecule has 0 bridgehead atoms. The van der Waals surface area contributed by atoms with Crippen LogP contribution in [0.3, 0.4) is 0 Å². The summed E-state index contributed by atoms with van der Waals surface area (Å²) >= 11 is 3.19. The minimum atomic E-state index is -3.33. The SMILES string of the molecule is O=C(O)CCCCS(=O)(=O)c1ccccc1Br. The van der Waals surface area contributed by atoms with Crippen LogP contribution in [0.25, 0.3) is 0 Å². The highest BCUT2D eigenvalue weighted by molar-refractivity contribution is 9.10. The quantitative estimate of drug-likeness (QED) is 0.817. The van der Waals surface area contributed by atoms with Gasteiger partial charge >= 0.3 is 5.97 Å². The smallest absolute Gasteiger partial charge is 0.303 e. The average Bonchev–Trinajstić information content (AvgIpc) is 2.24. The number of rotatable bonds is 6. The largest absolute Gasteiger partial charge is 0.481 e. The summed E-state index contributed by atoms with van der Waals surface area (Å²) in [5.41, 5.74) is 0. The molecule has 6 heteroatoms. The third-order valence-electron chi connectivity index (χ3n) is 2.23. The van der Waals surface area contributed by atoms with Gasteiger partial charge in [-0.3, -0.25) is 4.79 Å². The second-order valence-corrected chi connectivity index (χ2v) is 6.53. The van der Waals surface area contributed by atoms with E-state index in [1.807, 2.05) is 0 Å². The van der Waals surface area contributed by atoms with Gasteiger partial charge in [0.1, 0.15) is 0 Å². The third-order valence-corrected chi connectivity index (χ3v) is 5.03. The lowest BCUT2D eigenvalue weighted by atomic mass is 10.2. The Morgan fingerprint density at radius 1 is 1.24 bits per heavy atom. The van der Waals surface area contributed by atoms with Gasteiger partial charge in [0.05, 0.1) is 10.6 Å². The van der Waals surface area contributed by atoms with E-state index in [9.17, 15) is 13.2 Å². The number of carboxylic acid groups (broad SMARTS) is 1. The Morgan fingerprint density at radius 3 is 2.47 bits per heavy atom. The van der Waals surface area contributed by atoms with E-state index in [4.69, 9.17) is 5.11 Å². The summed E-state index contributed by atoms with van der Waals surface area (Å²) in [5.74, 6) is -0.925. The van der Waals surface area contributed by atoms with Crippen LogP contribution in [0.15, 0.2) is 33.6 Å². The zero-order valence-electron chi connectivity index (χ0n) is 9.10. The Morgan fingerprint density at radius 2 is 1.88 bits per heavy atom. The maximum absolute atomic E-state index is 11.9. The predicted octanol–water partition coefficient (Wildman–Crippen LogP) is 2.48. The van der Waals surface area contributed by atoms with E-state index in [2.05, 4.69) is 15.9 Å². The van der Waals surface area contributed by atoms with Gasteiger partial charge in [0, 0.05) is 10.9 Å². The van der Waals surface area contributed by atoms with Crippen molar-refractivity contribution in [3.8, 4) is 0 Å². The van der Waals surface area contributed by atoms with Crippen molar-refractivity contribution in [2.45, 2.75) is 24.2 Å². The summed E-state index contributed by atoms with van der Waals surface area (Å²) in [4.78, 5) is 10.6. The lowest BCUT2D eigenvalue weighted by Crippen LogP contribution is -2.08. The fraction of sp³-hybridized carbons (Fsp3) is 0.364. The van der Waals surface area contributed by atoms with E-state index in [0.717, 1.165) is 0 Å². The molecule has 1 aromatic carbocycles. The third kappa shape index (κ3) is 4.47. The summed E-state index contributed by atoms with van der Waals surface area (Å²) in [6.45, 7) is 0. The standard InChI is InChI=1S/C11H13BrO4S/c12-9-5-1-2-6-10(9)17(15,16)8-4-3-7-11(13)14/h1-2,5-6H,3-4,7-8H2,(H,13,14). The highest BCUT2D eigenvalue weighted by Crippen LogP contribution is 2.23. The highest BCUT2D eigenvalue weighted by atomic mass is 79.9. The van der Waals surface area contributed by atoms with Gasteiger partial charge in [-0.2, -0.15) is 0 Å². The van der Waals surface area contributed by atoms with Gasteiger partial charge in [0.2, 0.25) is 0 Å². The molecule has 1 rings (SSSR count). The molecule has 0 aliphatic heterocycles. The number of sulfone groups is 1. The second-order valence-electron chi connectivity index (χ2n) is 3.60. The molecule has 4 nitrogen and oxygen atoms in total. The van der Waals surface area contributed by atoms with Gasteiger partial charge in [0.15, 0.2) is 9.84 Å². The first-order chi connectivity index (χ1) is 7.93. The summed E-state index contributed by atoms with van der Waals surface area (Å²) < 4.78 is 24.4. The maximum Gasteiger partial charge on any atom is 0.303 e. The number of hydrogen-bond acceptors (Lipinski definition) is 3. The van der Waals surface area contributed by atoms with Crippen LogP contribution in [0.1, 0.15) is 19.3 Å². The summed E-state index contributed by atoms with van der Waals surface area (Å²) in [6, 6.07) is 6.61. The van der Waals surface area contributed by atoms with Crippen LogP contribution in [-0.2, 0) is 14.6 Å². The molecule has 1 N–H and O–H groups in total. The maximum atomic E-state index is 11.9. The second kappa shape index (κ2) is 6.16. The zero-order chi connectivity index (χ0) is 12.9. The molecule has 0 unspecified atom stereocenters. The van der Waals surface area contributed by atoms with Crippen molar-refractivity contribution in [3.05, 3.63) is 28.7 Å². The molecule has 17 heavy (non-hydrogen) atoms. The summed E-state index contributed by atoms with van der Waals surface area (Å²) in [6.07, 6.45) is 0.737. The minimum absolute atomic E-state index is 0.00544. The fourth-order valence-electron chi connectivity index (χ4n) is 1.38. The van der Waals surface area contributed by atoms with Gasteiger partial charge in [0.25, 0.3) is 0 Å². The van der Waals surface area contributed by atoms with Crippen molar-refractivity contribution < 1.29 is 18.3 Å². The number of carbonyl (C=O) groups is 1. The fourth-order valence-corrected chi connectivity index (χ4v) is 3.86. The van der Waals surface area contributed by atoms with E-state index in [-0.39, 0.29) is 17.1 Å². The molecule has 0 atom stereocenters. The molecular weight excluding hydrogens is 308 g/mol. The summed E-state index contributed by atoms with van der Waals surface area (Å²) in [7, 11) is -3.33. The first-order valence-electron chi connectivity index (χ1n) is 5.12. The van der Waals surface area contributed by atoms with Crippen LogP contribution in [0.4, 0.5) is 0 Å². The Labute approximate surface area is 109 Å². The number of carboxylic acids is 1. The lowest BCUT2D eigenvalue weighted by molar-refractivity contribution is -0.137. The Kier molecular flexibility index (Phi) is 5.14. The Balaban J connectivity index is 2.64. The Hall–Kier alpha value is -0.880. The highest BCUT2D eigenvalue weighted by Gasteiger charge is 2.16. The van der Waals surface area contributed by atoms with Crippen molar-refractivity contribution in [3.63, 3.8) is 0 Å². The molecule has 94 valence electrons. The average molecular weight is 321 g/mol. The van der Waals surface area contributed by atoms with Crippen LogP contribution in [0.2, 0.25) is 0 Å². The molecule has 0 amide bonds. The van der Waals surface area contributed by atoms with Crippen LogP contribution >= 0.6 is 15.9 Å². The van der Waals surface area contributed by atoms with Gasteiger partial charge in [-0.15, -0.1) is 0 Å². The molecule has 0 aliphatic carbocycles. The number of hydrogen-bond donors (Lipinski definition) is 1. The van der Waals surface area contributed by atoms with Crippen molar-refractivity contribution in [2.24, 2.45) is 0 Å². The number of halogens is 1. The van der Waals surface area contributed by atoms with E-state index in [0.29, 0.717) is 17.3 Å². The van der Waals surface area contributed by atoms with Crippen molar-refractivity contribution in [1.29, 1.82) is 0 Å². The molecule has 0 spiro atoms. The molecule has 0 saturated carbocycles. The number of aliphatic carboxylic acids is 1. The molecule has 0 aromatic heterocycles. The minimum Gasteiger partial charge on any atom is -0.481 e. The number of benzene rings is 1. The topological polar surface area (TPSA) is 71.4 Å². The molecular formula is C11H13BrO4S. The molecule has 0 radical (unpaired) electrons. The van der Waals surface area contributed by atoms with Crippen LogP contribution < -0.4 is 0 Å². The molecule has 0 saturated heterocycles. The van der Waals surface area contributed by atoms with Crippen molar-refractivity contribution in [1.82, 2.24) is 0 Å². The van der Waals surface area contributed by atoms with Gasteiger partial charge in [-0.25, -0.2) is 8.42 Å². The zero-order valence-corrected chi connectivity index (χ0v) is 11.5. The monoisotopic (exact) mass is 320 g/mol. The summed E-state index contributed by atoms with van der Waals surface area (Å²) in [5, 5.41) is 8.45. The number of unbranched alkanes of at least 4 members (excludes halogenated alkanes) is 1. The first-order valence-corrected chi connectivity index (χ1v) is 7.57. The van der Waals surface area contributed by atoms with E-state index >= 15 is 0 Å². The van der Waals surface area contributed by atoms with Gasteiger partial charge in [-0.05, 0) is 40.9 Å². The van der Waals surface area contributed by atoms with Gasteiger partial charge < -0.3 is 5.11 Å². The predicted molar refractivity (Wildman–Crippen MR) is 67.7 cm³/mol. The normalized spacial score (nSPS) is 11.4. The van der Waals surface area contributed by atoms with E-state index < -0.39 is 15.8 Å². The lowest BCUT2D eigenvalue weighted by Gasteiger charge is -2.05. The van der Waals surface area contributed by atoms with Crippen LogP contribution in [-0.4, -0.2) is 25.2 Å². The molecule has 1 aromatic rings. The van der Waals surface area contributed by atoms with Gasteiger partial charge in [-0.1, -0.05) is 12.1 Å². The van der Waals surface area contributed by atoms with Crippen molar-refractivity contribution in [2.75, 3.05) is 5.75 Å². The Bertz CT molecular complexity index is 496. The molecule has 0 heterocycles. The van der Waals surface area contributed by atoms with Crippen LogP contribution in [0.5, 0.6) is 0 Å². The van der Waals surface area contributed by atoms with E-state index in [1.165, 1.54) is 6.07 Å². The van der Waals surface area contributed by atoms with E-state index in [1.54, 1.807) is 18.2 Å². The molecule has 0 fully saturated rings. The first kappa shape index (κ1) is 14.2. The van der Waals surface area contributed by atoms with Crippen molar-refractivity contribution >= 4 is 31.7 Å².